The second kappa shape index (κ2) is 13.0. The highest BCUT2D eigenvalue weighted by Crippen LogP contribution is 2.35. The maximum absolute atomic E-state index is 13.7. The molecule has 1 aromatic carbocycles. The molecule has 3 saturated heterocycles. The minimum atomic E-state index is -0.151. The number of halogens is 2. The molecule has 0 saturated carbocycles. The van der Waals surface area contributed by atoms with Gasteiger partial charge in [0.1, 0.15) is 5.82 Å². The normalized spacial score (nSPS) is 22.0. The van der Waals surface area contributed by atoms with Crippen molar-refractivity contribution in [3.05, 3.63) is 57.7 Å². The smallest absolute Gasteiger partial charge is 0.255 e. The molecule has 5 rings (SSSR count). The van der Waals surface area contributed by atoms with Crippen molar-refractivity contribution in [2.45, 2.75) is 38.1 Å². The van der Waals surface area contributed by atoms with Crippen molar-refractivity contribution in [2.24, 2.45) is 5.92 Å². The number of benzene rings is 1. The first kappa shape index (κ1) is 29.6. The summed E-state index contributed by atoms with van der Waals surface area (Å²) in [5, 5.41) is 0.906. The van der Waals surface area contributed by atoms with Gasteiger partial charge >= 0.3 is 0 Å². The first-order valence-corrected chi connectivity index (χ1v) is 15.0. The zero-order chi connectivity index (χ0) is 29.1. The standard InChI is InChI=1S/C30H37Cl2N5O4/c1-20(38)35-10-7-21(8-11-35)30(40)37-12-9-27(24(19-37)22-3-5-25(31)26(32)17-22)34(2)29(39)23-4-6-28(33-18-23)36-13-15-41-16-14-36/h3-6,17-18,21,24,27H,7-16,19H2,1-2H3/t24-,27+/m0/s1. The highest BCUT2D eigenvalue weighted by molar-refractivity contribution is 6.42. The number of hydrogen-bond donors (Lipinski definition) is 0. The third-order valence-electron chi connectivity index (χ3n) is 8.70. The molecule has 0 spiro atoms. The highest BCUT2D eigenvalue weighted by Gasteiger charge is 2.39. The Morgan fingerprint density at radius 3 is 2.27 bits per heavy atom. The first-order chi connectivity index (χ1) is 19.7. The molecule has 4 heterocycles. The van der Waals surface area contributed by atoms with E-state index in [1.54, 1.807) is 29.0 Å². The van der Waals surface area contributed by atoms with E-state index in [9.17, 15) is 14.4 Å². The molecule has 3 fully saturated rings. The van der Waals surface area contributed by atoms with Gasteiger partial charge in [-0.1, -0.05) is 29.3 Å². The molecule has 0 radical (unpaired) electrons. The first-order valence-electron chi connectivity index (χ1n) is 14.3. The number of morpholine rings is 1. The van der Waals surface area contributed by atoms with Crippen LogP contribution in [0.5, 0.6) is 0 Å². The summed E-state index contributed by atoms with van der Waals surface area (Å²) in [4.78, 5) is 51.2. The number of aromatic nitrogens is 1. The van der Waals surface area contributed by atoms with Crippen LogP contribution in [0.1, 0.15) is 48.0 Å². The van der Waals surface area contributed by atoms with E-state index < -0.39 is 0 Å². The second-order valence-electron chi connectivity index (χ2n) is 11.1. The Bertz CT molecular complexity index is 1260. The summed E-state index contributed by atoms with van der Waals surface area (Å²) >= 11 is 12.6. The molecule has 3 aliphatic rings. The summed E-state index contributed by atoms with van der Waals surface area (Å²) in [6.45, 7) is 6.70. The van der Waals surface area contributed by atoms with Crippen molar-refractivity contribution in [3.8, 4) is 0 Å². The number of nitrogens with zero attached hydrogens (tertiary/aromatic N) is 5. The molecule has 9 nitrogen and oxygen atoms in total. The minimum absolute atomic E-state index is 0.0510. The predicted molar refractivity (Wildman–Crippen MR) is 159 cm³/mol. The van der Waals surface area contributed by atoms with Crippen LogP contribution in [-0.4, -0.2) is 103 Å². The van der Waals surface area contributed by atoms with Gasteiger partial charge in [0.2, 0.25) is 11.8 Å². The van der Waals surface area contributed by atoms with Crippen molar-refractivity contribution < 1.29 is 19.1 Å². The molecule has 0 N–H and O–H groups in total. The number of carbonyl (C=O) groups excluding carboxylic acids is 3. The number of carbonyl (C=O) groups is 3. The Morgan fingerprint density at radius 1 is 0.927 bits per heavy atom. The van der Waals surface area contributed by atoms with E-state index in [1.165, 1.54) is 0 Å². The van der Waals surface area contributed by atoms with Crippen LogP contribution in [0.25, 0.3) is 0 Å². The van der Waals surface area contributed by atoms with Gasteiger partial charge in [-0.3, -0.25) is 14.4 Å². The summed E-state index contributed by atoms with van der Waals surface area (Å²) in [5.74, 6) is 0.643. The summed E-state index contributed by atoms with van der Waals surface area (Å²) in [6, 6.07) is 9.12. The summed E-state index contributed by atoms with van der Waals surface area (Å²) in [6.07, 6.45) is 3.61. The lowest BCUT2D eigenvalue weighted by atomic mass is 9.83. The molecule has 3 amide bonds. The van der Waals surface area contributed by atoms with Crippen LogP contribution in [0.4, 0.5) is 5.82 Å². The van der Waals surface area contributed by atoms with Gasteiger partial charge in [0.15, 0.2) is 0 Å². The molecule has 2 atom stereocenters. The van der Waals surface area contributed by atoms with E-state index in [4.69, 9.17) is 27.9 Å². The Balaban J connectivity index is 1.32. The Hall–Kier alpha value is -2.88. The van der Waals surface area contributed by atoms with Gasteiger partial charge in [-0.25, -0.2) is 4.98 Å². The van der Waals surface area contributed by atoms with Crippen LogP contribution in [-0.2, 0) is 14.3 Å². The number of amides is 3. The quantitative estimate of drug-likeness (QED) is 0.516. The number of anilines is 1. The SMILES string of the molecule is CC(=O)N1CCC(C(=O)N2CC[C@@H](N(C)C(=O)c3ccc(N4CCOCC4)nc3)[C@H](c3ccc(Cl)c(Cl)c3)C2)CC1. The van der Waals surface area contributed by atoms with Crippen LogP contribution < -0.4 is 4.90 Å². The maximum Gasteiger partial charge on any atom is 0.255 e. The van der Waals surface area contributed by atoms with E-state index in [-0.39, 0.29) is 35.6 Å². The average molecular weight is 603 g/mol. The van der Waals surface area contributed by atoms with Gasteiger partial charge in [0.25, 0.3) is 5.91 Å². The van der Waals surface area contributed by atoms with Crippen LogP contribution in [0.15, 0.2) is 36.5 Å². The van der Waals surface area contributed by atoms with Gasteiger partial charge < -0.3 is 24.3 Å². The van der Waals surface area contributed by atoms with Gasteiger partial charge in [-0.05, 0) is 49.1 Å². The van der Waals surface area contributed by atoms with Crippen molar-refractivity contribution >= 4 is 46.7 Å². The molecule has 0 aliphatic carbocycles. The fourth-order valence-electron chi connectivity index (χ4n) is 6.22. The van der Waals surface area contributed by atoms with Gasteiger partial charge in [0.05, 0.1) is 28.8 Å². The number of likely N-dealkylation sites (N-methyl/N-ethyl adjacent to an activating group) is 1. The maximum atomic E-state index is 13.7. The van der Waals surface area contributed by atoms with E-state index in [1.807, 2.05) is 36.2 Å². The molecular formula is C30H37Cl2N5O4. The van der Waals surface area contributed by atoms with Crippen molar-refractivity contribution in [2.75, 3.05) is 64.4 Å². The number of ether oxygens (including phenoxy) is 1. The summed E-state index contributed by atoms with van der Waals surface area (Å²) < 4.78 is 5.43. The number of pyridine rings is 1. The number of hydrogen-bond acceptors (Lipinski definition) is 6. The Labute approximate surface area is 251 Å². The van der Waals surface area contributed by atoms with E-state index in [0.29, 0.717) is 74.3 Å². The second-order valence-corrected chi connectivity index (χ2v) is 11.9. The Morgan fingerprint density at radius 2 is 1.63 bits per heavy atom. The van der Waals surface area contributed by atoms with Gasteiger partial charge in [-0.2, -0.15) is 0 Å². The number of piperidine rings is 2. The lowest BCUT2D eigenvalue weighted by Gasteiger charge is -2.44. The number of rotatable bonds is 5. The molecule has 3 aliphatic heterocycles. The molecule has 2 aromatic rings. The van der Waals surface area contributed by atoms with Crippen molar-refractivity contribution in [1.29, 1.82) is 0 Å². The van der Waals surface area contributed by atoms with E-state index in [0.717, 1.165) is 24.5 Å². The predicted octanol–water partition coefficient (Wildman–Crippen LogP) is 3.94. The fourth-order valence-corrected chi connectivity index (χ4v) is 6.53. The molecule has 41 heavy (non-hydrogen) atoms. The van der Waals surface area contributed by atoms with Crippen molar-refractivity contribution in [3.63, 3.8) is 0 Å². The lowest BCUT2D eigenvalue weighted by Crippen LogP contribution is -2.53. The molecule has 0 unspecified atom stereocenters. The summed E-state index contributed by atoms with van der Waals surface area (Å²) in [7, 11) is 1.82. The molecule has 220 valence electrons. The van der Waals surface area contributed by atoms with Crippen LogP contribution in [0.3, 0.4) is 0 Å². The third-order valence-corrected chi connectivity index (χ3v) is 9.44. The monoisotopic (exact) mass is 601 g/mol. The van der Waals surface area contributed by atoms with Crippen molar-refractivity contribution in [1.82, 2.24) is 19.7 Å². The summed E-state index contributed by atoms with van der Waals surface area (Å²) in [5.41, 5.74) is 1.46. The van der Waals surface area contributed by atoms with Gasteiger partial charge in [-0.15, -0.1) is 0 Å². The fraction of sp³-hybridized carbons (Fsp3) is 0.533. The zero-order valence-electron chi connectivity index (χ0n) is 23.6. The van der Waals surface area contributed by atoms with Crippen LogP contribution in [0, 0.1) is 5.92 Å². The zero-order valence-corrected chi connectivity index (χ0v) is 25.1. The molecular weight excluding hydrogens is 565 g/mol. The highest BCUT2D eigenvalue weighted by atomic mass is 35.5. The largest absolute Gasteiger partial charge is 0.378 e. The minimum Gasteiger partial charge on any atom is -0.378 e. The molecule has 11 heteroatoms. The van der Waals surface area contributed by atoms with Crippen LogP contribution in [0.2, 0.25) is 10.0 Å². The topological polar surface area (TPSA) is 86.3 Å². The van der Waals surface area contributed by atoms with Crippen LogP contribution >= 0.6 is 23.2 Å². The van der Waals surface area contributed by atoms with E-state index in [2.05, 4.69) is 9.88 Å². The van der Waals surface area contributed by atoms with Gasteiger partial charge in [0, 0.05) is 77.3 Å². The molecule has 1 aromatic heterocycles. The number of likely N-dealkylation sites (tertiary alicyclic amines) is 2. The third kappa shape index (κ3) is 6.63. The van der Waals surface area contributed by atoms with E-state index >= 15 is 0 Å². The lowest BCUT2D eigenvalue weighted by molar-refractivity contribution is -0.141. The average Bonchev–Trinajstić information content (AvgIpc) is 3.01. The molecule has 0 bridgehead atoms. The Kier molecular flexibility index (Phi) is 9.36.